The van der Waals surface area contributed by atoms with Gasteiger partial charge in [-0.15, -0.1) is 0 Å². The molecule has 1 aliphatic rings. The van der Waals surface area contributed by atoms with Crippen molar-refractivity contribution in [1.29, 1.82) is 0 Å². The zero-order chi connectivity index (χ0) is 14.7. The number of aryl methyl sites for hydroxylation is 1. The predicted octanol–water partition coefficient (Wildman–Crippen LogP) is 3.87. The Labute approximate surface area is 133 Å². The Morgan fingerprint density at radius 3 is 2.62 bits per heavy atom. The molecular formula is C18H18BrNO. The Kier molecular flexibility index (Phi) is 4.39. The Morgan fingerprint density at radius 2 is 1.81 bits per heavy atom. The van der Waals surface area contributed by atoms with Crippen LogP contribution < -0.4 is 5.32 Å². The van der Waals surface area contributed by atoms with Crippen LogP contribution in [-0.4, -0.2) is 5.91 Å². The SMILES string of the molecule is O=C(NCc1ccccc1Br)C1CCc2ccccc2C1. The third-order valence-electron chi connectivity index (χ3n) is 4.13. The molecule has 0 heterocycles. The molecule has 1 unspecified atom stereocenters. The zero-order valence-corrected chi connectivity index (χ0v) is 13.4. The molecule has 0 aliphatic heterocycles. The highest BCUT2D eigenvalue weighted by Crippen LogP contribution is 2.25. The Balaban J connectivity index is 1.61. The van der Waals surface area contributed by atoms with Gasteiger partial charge in [-0.25, -0.2) is 0 Å². The van der Waals surface area contributed by atoms with Gasteiger partial charge >= 0.3 is 0 Å². The zero-order valence-electron chi connectivity index (χ0n) is 11.8. The lowest BCUT2D eigenvalue weighted by Crippen LogP contribution is -2.33. The molecule has 21 heavy (non-hydrogen) atoms. The Hall–Kier alpha value is -1.61. The first-order valence-corrected chi connectivity index (χ1v) is 8.11. The highest BCUT2D eigenvalue weighted by Gasteiger charge is 2.24. The van der Waals surface area contributed by atoms with Gasteiger partial charge in [-0.05, 0) is 42.0 Å². The van der Waals surface area contributed by atoms with E-state index in [4.69, 9.17) is 0 Å². The van der Waals surface area contributed by atoms with Gasteiger partial charge in [0.25, 0.3) is 0 Å². The molecule has 0 radical (unpaired) electrons. The Bertz CT molecular complexity index is 653. The van der Waals surface area contributed by atoms with E-state index in [2.05, 4.69) is 45.5 Å². The fourth-order valence-corrected chi connectivity index (χ4v) is 3.31. The number of carbonyl (C=O) groups is 1. The topological polar surface area (TPSA) is 29.1 Å². The van der Waals surface area contributed by atoms with Crippen molar-refractivity contribution in [2.75, 3.05) is 0 Å². The molecule has 1 aliphatic carbocycles. The summed E-state index contributed by atoms with van der Waals surface area (Å²) in [6.07, 6.45) is 2.81. The number of carbonyl (C=O) groups excluding carboxylic acids is 1. The highest BCUT2D eigenvalue weighted by atomic mass is 79.9. The average Bonchev–Trinajstić information content (AvgIpc) is 2.53. The molecule has 3 heteroatoms. The molecule has 0 saturated heterocycles. The summed E-state index contributed by atoms with van der Waals surface area (Å²) in [4.78, 5) is 12.4. The Morgan fingerprint density at radius 1 is 1.10 bits per heavy atom. The molecule has 0 bridgehead atoms. The van der Waals surface area contributed by atoms with Gasteiger partial charge in [0.05, 0.1) is 0 Å². The van der Waals surface area contributed by atoms with Gasteiger partial charge in [0, 0.05) is 16.9 Å². The van der Waals surface area contributed by atoms with E-state index < -0.39 is 0 Å². The number of nitrogens with one attached hydrogen (secondary N) is 1. The van der Waals surface area contributed by atoms with E-state index in [1.54, 1.807) is 0 Å². The second-order valence-corrected chi connectivity index (χ2v) is 6.37. The number of hydrogen-bond acceptors (Lipinski definition) is 1. The number of amides is 1. The smallest absolute Gasteiger partial charge is 0.223 e. The molecule has 0 fully saturated rings. The van der Waals surface area contributed by atoms with Gasteiger partial charge < -0.3 is 5.32 Å². The van der Waals surface area contributed by atoms with Crippen molar-refractivity contribution in [3.05, 3.63) is 69.7 Å². The first kappa shape index (κ1) is 14.3. The van der Waals surface area contributed by atoms with Gasteiger partial charge in [0.15, 0.2) is 0 Å². The lowest BCUT2D eigenvalue weighted by atomic mass is 9.83. The third kappa shape index (κ3) is 3.35. The average molecular weight is 344 g/mol. The van der Waals surface area contributed by atoms with Gasteiger partial charge in [-0.2, -0.15) is 0 Å². The van der Waals surface area contributed by atoms with Crippen LogP contribution in [0.1, 0.15) is 23.1 Å². The molecule has 2 aromatic rings. The van der Waals surface area contributed by atoms with Crippen molar-refractivity contribution in [3.8, 4) is 0 Å². The molecule has 1 atom stereocenters. The second-order valence-electron chi connectivity index (χ2n) is 5.52. The van der Waals surface area contributed by atoms with Crippen LogP contribution in [0, 0.1) is 5.92 Å². The van der Waals surface area contributed by atoms with Crippen molar-refractivity contribution in [3.63, 3.8) is 0 Å². The maximum Gasteiger partial charge on any atom is 0.223 e. The van der Waals surface area contributed by atoms with Crippen molar-refractivity contribution in [1.82, 2.24) is 5.32 Å². The summed E-state index contributed by atoms with van der Waals surface area (Å²) in [5.74, 6) is 0.266. The van der Waals surface area contributed by atoms with E-state index in [0.29, 0.717) is 6.54 Å². The molecule has 0 spiro atoms. The van der Waals surface area contributed by atoms with Gasteiger partial charge in [0.2, 0.25) is 5.91 Å². The van der Waals surface area contributed by atoms with E-state index in [1.165, 1.54) is 11.1 Å². The van der Waals surface area contributed by atoms with Crippen LogP contribution in [-0.2, 0) is 24.2 Å². The van der Waals surface area contributed by atoms with Crippen LogP contribution in [0.4, 0.5) is 0 Å². The molecule has 3 rings (SSSR count). The van der Waals surface area contributed by atoms with Gasteiger partial charge in [-0.1, -0.05) is 58.4 Å². The highest BCUT2D eigenvalue weighted by molar-refractivity contribution is 9.10. The number of rotatable bonds is 3. The minimum absolute atomic E-state index is 0.0994. The largest absolute Gasteiger partial charge is 0.352 e. The number of halogens is 1. The summed E-state index contributed by atoms with van der Waals surface area (Å²) in [6.45, 7) is 0.582. The molecule has 108 valence electrons. The van der Waals surface area contributed by atoms with Crippen LogP contribution in [0.2, 0.25) is 0 Å². The number of fused-ring (bicyclic) bond motifs is 1. The van der Waals surface area contributed by atoms with E-state index in [0.717, 1.165) is 29.3 Å². The fraction of sp³-hybridized carbons (Fsp3) is 0.278. The van der Waals surface area contributed by atoms with Gasteiger partial charge in [0.1, 0.15) is 0 Å². The minimum Gasteiger partial charge on any atom is -0.352 e. The molecular weight excluding hydrogens is 326 g/mol. The maximum atomic E-state index is 12.4. The first-order valence-electron chi connectivity index (χ1n) is 7.32. The van der Waals surface area contributed by atoms with Crippen LogP contribution in [0.3, 0.4) is 0 Å². The predicted molar refractivity (Wildman–Crippen MR) is 87.9 cm³/mol. The third-order valence-corrected chi connectivity index (χ3v) is 4.90. The lowest BCUT2D eigenvalue weighted by Gasteiger charge is -2.23. The monoisotopic (exact) mass is 343 g/mol. The summed E-state index contributed by atoms with van der Waals surface area (Å²) < 4.78 is 1.04. The number of hydrogen-bond donors (Lipinski definition) is 1. The fourth-order valence-electron chi connectivity index (χ4n) is 2.89. The van der Waals surface area contributed by atoms with Crippen LogP contribution in [0.5, 0.6) is 0 Å². The standard InChI is InChI=1S/C18H18BrNO/c19-17-8-4-3-7-16(17)12-20-18(21)15-10-9-13-5-1-2-6-14(13)11-15/h1-8,15H,9-12H2,(H,20,21). The van der Waals surface area contributed by atoms with E-state index >= 15 is 0 Å². The van der Waals surface area contributed by atoms with Gasteiger partial charge in [-0.3, -0.25) is 4.79 Å². The molecule has 2 nitrogen and oxygen atoms in total. The van der Waals surface area contributed by atoms with Crippen LogP contribution >= 0.6 is 15.9 Å². The summed E-state index contributed by atoms with van der Waals surface area (Å²) in [6, 6.07) is 16.4. The second kappa shape index (κ2) is 6.44. The van der Waals surface area contributed by atoms with E-state index in [-0.39, 0.29) is 11.8 Å². The molecule has 2 aromatic carbocycles. The molecule has 0 saturated carbocycles. The lowest BCUT2D eigenvalue weighted by molar-refractivity contribution is -0.125. The van der Waals surface area contributed by atoms with E-state index in [9.17, 15) is 4.79 Å². The van der Waals surface area contributed by atoms with Crippen LogP contribution in [0.25, 0.3) is 0 Å². The quantitative estimate of drug-likeness (QED) is 0.900. The van der Waals surface area contributed by atoms with E-state index in [1.807, 2.05) is 24.3 Å². The molecule has 1 amide bonds. The summed E-state index contributed by atoms with van der Waals surface area (Å²) in [5.41, 5.74) is 3.83. The van der Waals surface area contributed by atoms with Crippen molar-refractivity contribution >= 4 is 21.8 Å². The van der Waals surface area contributed by atoms with Crippen molar-refractivity contribution < 1.29 is 4.79 Å². The molecule has 0 aromatic heterocycles. The van der Waals surface area contributed by atoms with Crippen molar-refractivity contribution in [2.24, 2.45) is 5.92 Å². The van der Waals surface area contributed by atoms with Crippen LogP contribution in [0.15, 0.2) is 53.0 Å². The number of benzene rings is 2. The minimum atomic E-state index is 0.0994. The first-order chi connectivity index (χ1) is 10.2. The normalized spacial score (nSPS) is 17.1. The molecule has 1 N–H and O–H groups in total. The summed E-state index contributed by atoms with van der Waals surface area (Å²) >= 11 is 3.51. The summed E-state index contributed by atoms with van der Waals surface area (Å²) in [5, 5.41) is 3.07. The van der Waals surface area contributed by atoms with Crippen molar-refractivity contribution in [2.45, 2.75) is 25.8 Å². The summed E-state index contributed by atoms with van der Waals surface area (Å²) in [7, 11) is 0. The maximum absolute atomic E-state index is 12.4.